The van der Waals surface area contributed by atoms with Crippen molar-refractivity contribution < 1.29 is 23.7 Å². The first-order chi connectivity index (χ1) is 14.5. The van der Waals surface area contributed by atoms with Crippen LogP contribution in [0.25, 0.3) is 6.08 Å². The average molecular weight is 466 g/mol. The van der Waals surface area contributed by atoms with Crippen LogP contribution in [0.15, 0.2) is 41.3 Å². The van der Waals surface area contributed by atoms with Crippen molar-refractivity contribution >= 4 is 51.9 Å². The number of halogens is 1. The molecular weight excluding hydrogens is 446 g/mol. The van der Waals surface area contributed by atoms with Gasteiger partial charge in [0, 0.05) is 6.07 Å². The third-order valence-corrected chi connectivity index (χ3v) is 5.35. The van der Waals surface area contributed by atoms with E-state index in [4.69, 9.17) is 42.8 Å². The van der Waals surface area contributed by atoms with Gasteiger partial charge in [-0.2, -0.15) is 0 Å². The highest BCUT2D eigenvalue weighted by atomic mass is 35.5. The summed E-state index contributed by atoms with van der Waals surface area (Å²) in [5, 5.41) is 2.96. The van der Waals surface area contributed by atoms with E-state index in [2.05, 4.69) is 5.32 Å². The van der Waals surface area contributed by atoms with Gasteiger partial charge in [0.05, 0.1) is 23.6 Å². The summed E-state index contributed by atoms with van der Waals surface area (Å²) in [4.78, 5) is 12.4. The van der Waals surface area contributed by atoms with Crippen molar-refractivity contribution in [2.24, 2.45) is 0 Å². The molecule has 0 radical (unpaired) electrons. The van der Waals surface area contributed by atoms with E-state index in [-0.39, 0.29) is 12.5 Å². The Hall–Kier alpha value is -2.42. The molecule has 0 saturated carbocycles. The van der Waals surface area contributed by atoms with Crippen molar-refractivity contribution in [1.29, 1.82) is 0 Å². The van der Waals surface area contributed by atoms with E-state index in [1.54, 1.807) is 31.4 Å². The van der Waals surface area contributed by atoms with Crippen LogP contribution in [0.4, 0.5) is 0 Å². The molecule has 6 nitrogen and oxygen atoms in total. The molecule has 1 amide bonds. The Morgan fingerprint density at radius 3 is 2.60 bits per heavy atom. The summed E-state index contributed by atoms with van der Waals surface area (Å²) in [6.07, 6.45) is 1.71. The zero-order valence-corrected chi connectivity index (χ0v) is 18.8. The molecule has 0 spiro atoms. The number of carbonyl (C=O) groups is 1. The van der Waals surface area contributed by atoms with E-state index in [1.807, 2.05) is 25.1 Å². The highest BCUT2D eigenvalue weighted by Gasteiger charge is 2.22. The van der Waals surface area contributed by atoms with Crippen molar-refractivity contribution in [3.63, 3.8) is 0 Å². The number of thioether (sulfide) groups is 1. The van der Waals surface area contributed by atoms with Crippen molar-refractivity contribution in [2.75, 3.05) is 26.9 Å². The Morgan fingerprint density at radius 1 is 1.13 bits per heavy atom. The average Bonchev–Trinajstić information content (AvgIpc) is 3.03. The van der Waals surface area contributed by atoms with Gasteiger partial charge in [0.25, 0.3) is 5.91 Å². The van der Waals surface area contributed by atoms with Crippen molar-refractivity contribution in [3.05, 3.63) is 51.9 Å². The molecule has 1 aliphatic heterocycles. The normalized spacial score (nSPS) is 14.6. The zero-order valence-electron chi connectivity index (χ0n) is 16.4. The third-order valence-electron chi connectivity index (χ3n) is 3.91. The Morgan fingerprint density at radius 2 is 1.90 bits per heavy atom. The maximum absolute atomic E-state index is 11.9. The van der Waals surface area contributed by atoms with Crippen LogP contribution in [0.1, 0.15) is 12.5 Å². The largest absolute Gasteiger partial charge is 0.497 e. The van der Waals surface area contributed by atoms with Gasteiger partial charge in [-0.25, -0.2) is 0 Å². The Bertz CT molecular complexity index is 980. The fourth-order valence-corrected chi connectivity index (χ4v) is 3.96. The lowest BCUT2D eigenvalue weighted by molar-refractivity contribution is -0.115. The number of benzene rings is 2. The topological polar surface area (TPSA) is 66.0 Å². The van der Waals surface area contributed by atoms with Crippen molar-refractivity contribution in [1.82, 2.24) is 5.32 Å². The number of hydrogen-bond acceptors (Lipinski definition) is 7. The molecule has 2 aromatic carbocycles. The molecule has 0 aromatic heterocycles. The summed E-state index contributed by atoms with van der Waals surface area (Å²) >= 11 is 12.7. The lowest BCUT2D eigenvalue weighted by Gasteiger charge is -2.15. The lowest BCUT2D eigenvalue weighted by atomic mass is 10.2. The Labute approximate surface area is 189 Å². The first-order valence-electron chi connectivity index (χ1n) is 9.11. The molecule has 2 aromatic rings. The SMILES string of the molecule is CCOc1cc(/C=C2/SC(=S)NC2=O)cc(Cl)c1OCCOc1cccc(OC)c1. The molecule has 1 aliphatic rings. The quantitative estimate of drug-likeness (QED) is 0.327. The van der Waals surface area contributed by atoms with Crippen LogP contribution in [0, 0.1) is 0 Å². The van der Waals surface area contributed by atoms with Crippen LogP contribution >= 0.6 is 35.6 Å². The fraction of sp³-hybridized carbons (Fsp3) is 0.238. The molecule has 1 heterocycles. The highest BCUT2D eigenvalue weighted by Crippen LogP contribution is 2.38. The maximum atomic E-state index is 11.9. The second-order valence-electron chi connectivity index (χ2n) is 5.99. The van der Waals surface area contributed by atoms with Crippen molar-refractivity contribution in [2.45, 2.75) is 6.92 Å². The number of methoxy groups -OCH3 is 1. The van der Waals surface area contributed by atoms with Gasteiger partial charge in [-0.3, -0.25) is 4.79 Å². The zero-order chi connectivity index (χ0) is 21.5. The van der Waals surface area contributed by atoms with Gasteiger partial charge >= 0.3 is 0 Å². The van der Waals surface area contributed by atoms with E-state index in [0.29, 0.717) is 50.3 Å². The van der Waals surface area contributed by atoms with Gasteiger partial charge in [0.2, 0.25) is 0 Å². The summed E-state index contributed by atoms with van der Waals surface area (Å²) in [5.74, 6) is 2.09. The Kier molecular flexibility index (Phi) is 7.84. The lowest BCUT2D eigenvalue weighted by Crippen LogP contribution is -2.17. The number of carbonyl (C=O) groups excluding carboxylic acids is 1. The second-order valence-corrected chi connectivity index (χ2v) is 8.12. The molecule has 0 bridgehead atoms. The molecule has 1 N–H and O–H groups in total. The Balaban J connectivity index is 1.68. The first-order valence-corrected chi connectivity index (χ1v) is 10.7. The molecule has 9 heteroatoms. The van der Waals surface area contributed by atoms with Gasteiger partial charge in [-0.15, -0.1) is 0 Å². The molecule has 0 unspecified atom stereocenters. The first kappa shape index (κ1) is 22.3. The molecule has 1 saturated heterocycles. The maximum Gasteiger partial charge on any atom is 0.263 e. The number of hydrogen-bond donors (Lipinski definition) is 1. The number of thiocarbonyl (C=S) groups is 1. The second kappa shape index (κ2) is 10.6. The monoisotopic (exact) mass is 465 g/mol. The van der Waals surface area contributed by atoms with E-state index >= 15 is 0 Å². The van der Waals surface area contributed by atoms with Gasteiger partial charge < -0.3 is 24.3 Å². The van der Waals surface area contributed by atoms with E-state index in [1.165, 1.54) is 11.8 Å². The molecule has 3 rings (SSSR count). The summed E-state index contributed by atoms with van der Waals surface area (Å²) in [6, 6.07) is 10.8. The molecule has 0 atom stereocenters. The molecular formula is C21H20ClNO5S2. The minimum Gasteiger partial charge on any atom is -0.497 e. The molecule has 0 aliphatic carbocycles. The number of ether oxygens (including phenoxy) is 4. The number of rotatable bonds is 9. The molecule has 1 fully saturated rings. The highest BCUT2D eigenvalue weighted by molar-refractivity contribution is 8.26. The molecule has 30 heavy (non-hydrogen) atoms. The van der Waals surface area contributed by atoms with Crippen LogP contribution in [0.2, 0.25) is 5.02 Å². The van der Waals surface area contributed by atoms with Crippen LogP contribution in [0.5, 0.6) is 23.0 Å². The predicted molar refractivity (Wildman–Crippen MR) is 123 cm³/mol. The summed E-state index contributed by atoms with van der Waals surface area (Å²) < 4.78 is 22.8. The third kappa shape index (κ3) is 5.81. The van der Waals surface area contributed by atoms with Crippen LogP contribution < -0.4 is 24.3 Å². The van der Waals surface area contributed by atoms with Crippen LogP contribution in [0.3, 0.4) is 0 Å². The summed E-state index contributed by atoms with van der Waals surface area (Å²) in [5.41, 5.74) is 0.714. The van der Waals surface area contributed by atoms with E-state index in [0.717, 1.165) is 5.75 Å². The van der Waals surface area contributed by atoms with Crippen LogP contribution in [-0.4, -0.2) is 37.2 Å². The van der Waals surface area contributed by atoms with Gasteiger partial charge in [-0.05, 0) is 42.8 Å². The fourth-order valence-electron chi connectivity index (χ4n) is 2.64. The van der Waals surface area contributed by atoms with E-state index in [9.17, 15) is 4.79 Å². The summed E-state index contributed by atoms with van der Waals surface area (Å²) in [6.45, 7) is 2.89. The van der Waals surface area contributed by atoms with Gasteiger partial charge in [-0.1, -0.05) is 41.6 Å². The number of nitrogens with one attached hydrogen (secondary N) is 1. The van der Waals surface area contributed by atoms with Gasteiger partial charge in [0.15, 0.2) is 11.5 Å². The summed E-state index contributed by atoms with van der Waals surface area (Å²) in [7, 11) is 1.60. The van der Waals surface area contributed by atoms with Crippen LogP contribution in [-0.2, 0) is 4.79 Å². The van der Waals surface area contributed by atoms with Crippen molar-refractivity contribution in [3.8, 4) is 23.0 Å². The van der Waals surface area contributed by atoms with Gasteiger partial charge in [0.1, 0.15) is 29.0 Å². The smallest absolute Gasteiger partial charge is 0.263 e. The molecule has 158 valence electrons. The minimum absolute atomic E-state index is 0.228. The van der Waals surface area contributed by atoms with E-state index < -0.39 is 0 Å². The minimum atomic E-state index is -0.228. The number of amides is 1. The predicted octanol–water partition coefficient (Wildman–Crippen LogP) is 4.69. The standard InChI is InChI=1S/C21H20ClNO5S2/c1-3-26-17-10-13(11-18-20(24)23-21(29)30-18)9-16(22)19(17)28-8-7-27-15-6-4-5-14(12-15)25-2/h4-6,9-12H,3,7-8H2,1-2H3,(H,23,24,29)/b18-11+.